The third kappa shape index (κ3) is 4.44. The molecule has 1 amide bonds. The molecular formula is C11H14FNO2. The summed E-state index contributed by atoms with van der Waals surface area (Å²) >= 11 is 0. The summed E-state index contributed by atoms with van der Waals surface area (Å²) < 4.78 is 17.6. The monoisotopic (exact) mass is 211 g/mol. The molecule has 0 atom stereocenters. The standard InChI is InChI=1S/C11H14FNO2/c1-2-3-7-15-11(14)13-10-6-4-5-9(12)8-10/h4-6,8H,2-3,7H2,1H3,(H,13,14). The Morgan fingerprint density at radius 1 is 1.53 bits per heavy atom. The predicted molar refractivity (Wildman–Crippen MR) is 56.3 cm³/mol. The van der Waals surface area contributed by atoms with Gasteiger partial charge in [-0.05, 0) is 24.6 Å². The largest absolute Gasteiger partial charge is 0.449 e. The minimum Gasteiger partial charge on any atom is -0.449 e. The Morgan fingerprint density at radius 3 is 3.00 bits per heavy atom. The summed E-state index contributed by atoms with van der Waals surface area (Å²) in [6.07, 6.45) is 1.25. The number of hydrogen-bond donors (Lipinski definition) is 1. The highest BCUT2D eigenvalue weighted by molar-refractivity contribution is 5.84. The van der Waals surface area contributed by atoms with E-state index in [1.807, 2.05) is 6.92 Å². The smallest absolute Gasteiger partial charge is 0.411 e. The first kappa shape index (κ1) is 11.5. The molecule has 0 radical (unpaired) electrons. The van der Waals surface area contributed by atoms with Gasteiger partial charge in [0.2, 0.25) is 0 Å². The summed E-state index contributed by atoms with van der Waals surface area (Å²) in [7, 11) is 0. The minimum absolute atomic E-state index is 0.387. The van der Waals surface area contributed by atoms with Crippen LogP contribution in [0.2, 0.25) is 0 Å². The van der Waals surface area contributed by atoms with Gasteiger partial charge in [0.25, 0.3) is 0 Å². The van der Waals surface area contributed by atoms with Gasteiger partial charge in [-0.2, -0.15) is 0 Å². The van der Waals surface area contributed by atoms with Gasteiger partial charge < -0.3 is 4.74 Å². The fourth-order valence-electron chi connectivity index (χ4n) is 1.03. The SMILES string of the molecule is CCCCOC(=O)Nc1cccc(F)c1. The fourth-order valence-corrected chi connectivity index (χ4v) is 1.03. The highest BCUT2D eigenvalue weighted by Crippen LogP contribution is 2.09. The van der Waals surface area contributed by atoms with E-state index in [2.05, 4.69) is 5.32 Å². The summed E-state index contributed by atoms with van der Waals surface area (Å²) in [6.45, 7) is 2.39. The number of unbranched alkanes of at least 4 members (excludes halogenated alkanes) is 1. The van der Waals surface area contributed by atoms with Crippen molar-refractivity contribution in [2.45, 2.75) is 19.8 Å². The average molecular weight is 211 g/mol. The fraction of sp³-hybridized carbons (Fsp3) is 0.364. The highest BCUT2D eigenvalue weighted by Gasteiger charge is 2.02. The van der Waals surface area contributed by atoms with E-state index in [1.54, 1.807) is 6.07 Å². The maximum Gasteiger partial charge on any atom is 0.411 e. The normalized spacial score (nSPS) is 9.73. The molecule has 1 N–H and O–H groups in total. The number of hydrogen-bond acceptors (Lipinski definition) is 2. The number of halogens is 1. The first-order chi connectivity index (χ1) is 7.22. The number of nitrogens with one attached hydrogen (secondary N) is 1. The summed E-state index contributed by atoms with van der Waals surface area (Å²) in [5, 5.41) is 2.44. The minimum atomic E-state index is -0.547. The molecule has 4 heteroatoms. The molecule has 1 rings (SSSR count). The summed E-state index contributed by atoms with van der Waals surface area (Å²) in [4.78, 5) is 11.1. The summed E-state index contributed by atoms with van der Waals surface area (Å²) in [5.41, 5.74) is 0.400. The van der Waals surface area contributed by atoms with Gasteiger partial charge in [-0.15, -0.1) is 0 Å². The zero-order valence-electron chi connectivity index (χ0n) is 8.63. The van der Waals surface area contributed by atoms with Gasteiger partial charge in [0, 0.05) is 5.69 Å². The molecule has 1 aromatic carbocycles. The summed E-state index contributed by atoms with van der Waals surface area (Å²) in [5.74, 6) is -0.388. The van der Waals surface area contributed by atoms with E-state index in [0.29, 0.717) is 12.3 Å². The molecule has 0 saturated carbocycles. The Hall–Kier alpha value is -1.58. The van der Waals surface area contributed by atoms with Crippen LogP contribution in [0, 0.1) is 5.82 Å². The van der Waals surface area contributed by atoms with E-state index in [-0.39, 0.29) is 5.82 Å². The van der Waals surface area contributed by atoms with Gasteiger partial charge in [-0.3, -0.25) is 5.32 Å². The third-order valence-electron chi connectivity index (χ3n) is 1.80. The first-order valence-electron chi connectivity index (χ1n) is 4.91. The molecular weight excluding hydrogens is 197 g/mol. The lowest BCUT2D eigenvalue weighted by Gasteiger charge is -2.05. The van der Waals surface area contributed by atoms with E-state index in [0.717, 1.165) is 12.8 Å². The van der Waals surface area contributed by atoms with Crippen molar-refractivity contribution < 1.29 is 13.9 Å². The number of ether oxygens (including phenoxy) is 1. The van der Waals surface area contributed by atoms with Gasteiger partial charge in [-0.1, -0.05) is 19.4 Å². The van der Waals surface area contributed by atoms with Crippen LogP contribution in [0.3, 0.4) is 0 Å². The van der Waals surface area contributed by atoms with E-state index < -0.39 is 6.09 Å². The van der Waals surface area contributed by atoms with Crippen LogP contribution in [0.25, 0.3) is 0 Å². The van der Waals surface area contributed by atoms with Crippen LogP contribution in [0.15, 0.2) is 24.3 Å². The Morgan fingerprint density at radius 2 is 2.33 bits per heavy atom. The van der Waals surface area contributed by atoms with Crippen molar-refractivity contribution in [2.24, 2.45) is 0 Å². The van der Waals surface area contributed by atoms with Crippen molar-refractivity contribution in [3.05, 3.63) is 30.1 Å². The predicted octanol–water partition coefficient (Wildman–Crippen LogP) is 3.17. The molecule has 0 aliphatic carbocycles. The van der Waals surface area contributed by atoms with Crippen LogP contribution in [-0.2, 0) is 4.74 Å². The van der Waals surface area contributed by atoms with Crippen molar-refractivity contribution in [1.29, 1.82) is 0 Å². The number of anilines is 1. The number of rotatable bonds is 4. The number of benzene rings is 1. The molecule has 0 fully saturated rings. The molecule has 0 unspecified atom stereocenters. The quantitative estimate of drug-likeness (QED) is 0.777. The van der Waals surface area contributed by atoms with Crippen molar-refractivity contribution in [3.8, 4) is 0 Å². The molecule has 0 saturated heterocycles. The van der Waals surface area contributed by atoms with E-state index in [4.69, 9.17) is 4.74 Å². The number of amides is 1. The third-order valence-corrected chi connectivity index (χ3v) is 1.80. The van der Waals surface area contributed by atoms with Crippen molar-refractivity contribution in [2.75, 3.05) is 11.9 Å². The molecule has 3 nitrogen and oxygen atoms in total. The lowest BCUT2D eigenvalue weighted by Crippen LogP contribution is -2.14. The Balaban J connectivity index is 2.37. The van der Waals surface area contributed by atoms with Gasteiger partial charge in [0.05, 0.1) is 6.61 Å². The second-order valence-corrected chi connectivity index (χ2v) is 3.12. The molecule has 0 heterocycles. The van der Waals surface area contributed by atoms with Crippen LogP contribution >= 0.6 is 0 Å². The van der Waals surface area contributed by atoms with Crippen LogP contribution in [0.4, 0.5) is 14.9 Å². The number of carbonyl (C=O) groups is 1. The van der Waals surface area contributed by atoms with Crippen molar-refractivity contribution in [3.63, 3.8) is 0 Å². The lowest BCUT2D eigenvalue weighted by atomic mass is 10.3. The van der Waals surface area contributed by atoms with Gasteiger partial charge in [0.15, 0.2) is 0 Å². The zero-order chi connectivity index (χ0) is 11.1. The Bertz CT molecular complexity index is 328. The van der Waals surface area contributed by atoms with Crippen molar-refractivity contribution in [1.82, 2.24) is 0 Å². The number of carbonyl (C=O) groups excluding carboxylic acids is 1. The highest BCUT2D eigenvalue weighted by atomic mass is 19.1. The second kappa shape index (κ2) is 6.01. The van der Waals surface area contributed by atoms with E-state index >= 15 is 0 Å². The molecule has 0 aliphatic heterocycles. The van der Waals surface area contributed by atoms with Crippen LogP contribution in [0.5, 0.6) is 0 Å². The van der Waals surface area contributed by atoms with Gasteiger partial charge >= 0.3 is 6.09 Å². The summed E-state index contributed by atoms with van der Waals surface area (Å²) in [6, 6.07) is 5.68. The molecule has 82 valence electrons. The van der Waals surface area contributed by atoms with Crippen LogP contribution in [0.1, 0.15) is 19.8 Å². The first-order valence-corrected chi connectivity index (χ1v) is 4.91. The maximum atomic E-state index is 12.7. The topological polar surface area (TPSA) is 38.3 Å². The molecule has 15 heavy (non-hydrogen) atoms. The molecule has 0 aromatic heterocycles. The van der Waals surface area contributed by atoms with Gasteiger partial charge in [0.1, 0.15) is 5.82 Å². The van der Waals surface area contributed by atoms with Gasteiger partial charge in [-0.25, -0.2) is 9.18 Å². The van der Waals surface area contributed by atoms with E-state index in [1.165, 1.54) is 18.2 Å². The lowest BCUT2D eigenvalue weighted by molar-refractivity contribution is 0.160. The van der Waals surface area contributed by atoms with E-state index in [9.17, 15) is 9.18 Å². The molecule has 0 aliphatic rings. The Labute approximate surface area is 88.2 Å². The van der Waals surface area contributed by atoms with Crippen molar-refractivity contribution >= 4 is 11.8 Å². The zero-order valence-corrected chi connectivity index (χ0v) is 8.63. The molecule has 0 bridgehead atoms. The molecule has 0 spiro atoms. The molecule has 1 aromatic rings. The average Bonchev–Trinajstić information content (AvgIpc) is 2.18. The van der Waals surface area contributed by atoms with Crippen LogP contribution in [-0.4, -0.2) is 12.7 Å². The maximum absolute atomic E-state index is 12.7. The van der Waals surface area contributed by atoms with Crippen LogP contribution < -0.4 is 5.32 Å². The Kier molecular flexibility index (Phi) is 4.60. The second-order valence-electron chi connectivity index (χ2n) is 3.12.